The van der Waals surface area contributed by atoms with Crippen LogP contribution in [0.4, 0.5) is 4.39 Å². The average molecular weight is 377 g/mol. The maximum atomic E-state index is 13.2. The fraction of sp³-hybridized carbons (Fsp3) is 0.227. The number of nitrogens with zero attached hydrogens (tertiary/aromatic N) is 3. The van der Waals surface area contributed by atoms with Gasteiger partial charge >= 0.3 is 0 Å². The summed E-state index contributed by atoms with van der Waals surface area (Å²) in [7, 11) is 0. The van der Waals surface area contributed by atoms with Gasteiger partial charge in [-0.3, -0.25) is 4.79 Å². The molecular formula is C22H20FN3O2. The summed E-state index contributed by atoms with van der Waals surface area (Å²) in [4.78, 5) is 24.0. The Morgan fingerprint density at radius 3 is 2.50 bits per heavy atom. The van der Waals surface area contributed by atoms with E-state index < -0.39 is 0 Å². The number of phenols is 1. The fourth-order valence-corrected chi connectivity index (χ4v) is 3.54. The maximum Gasteiger partial charge on any atom is 0.254 e. The Morgan fingerprint density at radius 1 is 1.07 bits per heavy atom. The molecule has 5 nitrogen and oxygen atoms in total. The van der Waals surface area contributed by atoms with Gasteiger partial charge in [-0.25, -0.2) is 14.4 Å². The molecule has 0 saturated carbocycles. The number of aromatic nitrogens is 2. The van der Waals surface area contributed by atoms with Gasteiger partial charge in [-0.15, -0.1) is 0 Å². The predicted octanol–water partition coefficient (Wildman–Crippen LogP) is 3.89. The van der Waals surface area contributed by atoms with Gasteiger partial charge in [-0.1, -0.05) is 0 Å². The molecule has 1 aliphatic rings. The first-order valence-corrected chi connectivity index (χ1v) is 9.22. The van der Waals surface area contributed by atoms with Gasteiger partial charge in [-0.05, 0) is 68.3 Å². The van der Waals surface area contributed by atoms with Crippen LogP contribution in [0.1, 0.15) is 33.9 Å². The zero-order valence-electron chi connectivity index (χ0n) is 15.5. The molecule has 0 fully saturated rings. The van der Waals surface area contributed by atoms with Crippen molar-refractivity contribution in [3.05, 3.63) is 77.0 Å². The molecule has 142 valence electrons. The predicted molar refractivity (Wildman–Crippen MR) is 103 cm³/mol. The van der Waals surface area contributed by atoms with E-state index in [1.807, 2.05) is 19.1 Å². The molecule has 3 aromatic rings. The van der Waals surface area contributed by atoms with E-state index in [-0.39, 0.29) is 17.5 Å². The molecule has 1 aliphatic heterocycles. The summed E-state index contributed by atoms with van der Waals surface area (Å²) >= 11 is 0. The van der Waals surface area contributed by atoms with Gasteiger partial charge in [0, 0.05) is 35.5 Å². The van der Waals surface area contributed by atoms with Crippen molar-refractivity contribution in [3.8, 4) is 17.0 Å². The van der Waals surface area contributed by atoms with Crippen LogP contribution in [0.3, 0.4) is 0 Å². The largest absolute Gasteiger partial charge is 0.508 e. The lowest BCUT2D eigenvalue weighted by Crippen LogP contribution is -2.31. The second-order valence-electron chi connectivity index (χ2n) is 6.93. The van der Waals surface area contributed by atoms with Crippen molar-refractivity contribution in [2.75, 3.05) is 6.54 Å². The van der Waals surface area contributed by atoms with Crippen LogP contribution in [-0.4, -0.2) is 32.4 Å². The number of phenolic OH excluding ortho intramolecular Hbond substituents is 1. The smallest absolute Gasteiger partial charge is 0.254 e. The molecule has 2 heterocycles. The number of halogens is 1. The number of benzene rings is 2. The molecule has 6 heteroatoms. The highest BCUT2D eigenvalue weighted by atomic mass is 19.1. The Morgan fingerprint density at radius 2 is 1.79 bits per heavy atom. The summed E-state index contributed by atoms with van der Waals surface area (Å²) < 4.78 is 13.2. The molecule has 0 bridgehead atoms. The van der Waals surface area contributed by atoms with E-state index >= 15 is 0 Å². The van der Waals surface area contributed by atoms with Crippen molar-refractivity contribution in [2.24, 2.45) is 0 Å². The van der Waals surface area contributed by atoms with E-state index in [1.54, 1.807) is 17.0 Å². The number of fused-ring (bicyclic) bond motifs is 1. The van der Waals surface area contributed by atoms with Gasteiger partial charge in [0.1, 0.15) is 17.4 Å². The molecule has 28 heavy (non-hydrogen) atoms. The van der Waals surface area contributed by atoms with E-state index in [0.29, 0.717) is 24.5 Å². The van der Waals surface area contributed by atoms with Crippen LogP contribution >= 0.6 is 0 Å². The van der Waals surface area contributed by atoms with Crippen molar-refractivity contribution < 1.29 is 14.3 Å². The van der Waals surface area contributed by atoms with Crippen molar-refractivity contribution >= 4 is 5.91 Å². The van der Waals surface area contributed by atoms with Crippen LogP contribution < -0.4 is 0 Å². The summed E-state index contributed by atoms with van der Waals surface area (Å²) in [5.41, 5.74) is 3.98. The lowest BCUT2D eigenvalue weighted by atomic mass is 10.0. The van der Waals surface area contributed by atoms with Crippen molar-refractivity contribution in [3.63, 3.8) is 0 Å². The molecule has 1 aromatic heterocycles. The Labute approximate surface area is 162 Å². The lowest BCUT2D eigenvalue weighted by Gasteiger charge is -2.22. The first-order chi connectivity index (χ1) is 13.5. The standard InChI is InChI=1S/C22H20FN3O2/c1-14-24-20-3-2-12-26(22(28)16-4-8-17(23)9-5-16)13-19(20)21(25-14)15-6-10-18(27)11-7-15/h4-11,27H,2-3,12-13H2,1H3. The second kappa shape index (κ2) is 7.38. The van der Waals surface area contributed by atoms with Gasteiger partial charge < -0.3 is 10.0 Å². The molecule has 0 radical (unpaired) electrons. The van der Waals surface area contributed by atoms with Crippen LogP contribution in [0.15, 0.2) is 48.5 Å². The molecule has 0 saturated heterocycles. The Bertz CT molecular complexity index is 1020. The van der Waals surface area contributed by atoms with Crippen LogP contribution in [0.25, 0.3) is 11.3 Å². The fourth-order valence-electron chi connectivity index (χ4n) is 3.54. The minimum absolute atomic E-state index is 0.134. The SMILES string of the molecule is Cc1nc2c(c(-c3ccc(O)cc3)n1)CN(C(=O)c1ccc(F)cc1)CCC2. The summed E-state index contributed by atoms with van der Waals surface area (Å²) in [6.45, 7) is 2.85. The Hall–Kier alpha value is -3.28. The molecule has 2 aromatic carbocycles. The summed E-state index contributed by atoms with van der Waals surface area (Å²) in [6.07, 6.45) is 1.56. The molecular weight excluding hydrogens is 357 g/mol. The zero-order chi connectivity index (χ0) is 19.7. The monoisotopic (exact) mass is 377 g/mol. The minimum atomic E-state index is -0.365. The number of carbonyl (C=O) groups excluding carboxylic acids is 1. The lowest BCUT2D eigenvalue weighted by molar-refractivity contribution is 0.0746. The Kier molecular flexibility index (Phi) is 4.77. The van der Waals surface area contributed by atoms with Gasteiger partial charge in [0.05, 0.1) is 5.69 Å². The number of hydrogen-bond acceptors (Lipinski definition) is 4. The highest BCUT2D eigenvalue weighted by Crippen LogP contribution is 2.29. The first-order valence-electron chi connectivity index (χ1n) is 9.22. The molecule has 1 amide bonds. The quantitative estimate of drug-likeness (QED) is 0.736. The van der Waals surface area contributed by atoms with Crippen LogP contribution in [0.2, 0.25) is 0 Å². The van der Waals surface area contributed by atoms with Gasteiger partial charge in [0.2, 0.25) is 0 Å². The number of hydrogen-bond donors (Lipinski definition) is 1. The van der Waals surface area contributed by atoms with Crippen LogP contribution in [0, 0.1) is 12.7 Å². The second-order valence-corrected chi connectivity index (χ2v) is 6.93. The highest BCUT2D eigenvalue weighted by Gasteiger charge is 2.24. The molecule has 0 aliphatic carbocycles. The number of rotatable bonds is 2. The molecule has 0 unspecified atom stereocenters. The highest BCUT2D eigenvalue weighted by molar-refractivity contribution is 5.94. The Balaban J connectivity index is 1.73. The third kappa shape index (κ3) is 3.58. The van der Waals surface area contributed by atoms with Crippen LogP contribution in [-0.2, 0) is 13.0 Å². The van der Waals surface area contributed by atoms with E-state index in [2.05, 4.69) is 9.97 Å². The normalized spacial score (nSPS) is 13.7. The zero-order valence-corrected chi connectivity index (χ0v) is 15.5. The number of carbonyl (C=O) groups is 1. The van der Waals surface area contributed by atoms with E-state index in [1.165, 1.54) is 24.3 Å². The number of amides is 1. The van der Waals surface area contributed by atoms with E-state index in [9.17, 15) is 14.3 Å². The van der Waals surface area contributed by atoms with Crippen molar-refractivity contribution in [1.29, 1.82) is 0 Å². The minimum Gasteiger partial charge on any atom is -0.508 e. The molecule has 4 rings (SSSR count). The van der Waals surface area contributed by atoms with E-state index in [4.69, 9.17) is 0 Å². The summed E-state index contributed by atoms with van der Waals surface area (Å²) in [5.74, 6) is 0.371. The molecule has 0 spiro atoms. The molecule has 1 N–H and O–H groups in total. The average Bonchev–Trinajstić information content (AvgIpc) is 2.90. The van der Waals surface area contributed by atoms with E-state index in [0.717, 1.165) is 35.4 Å². The third-order valence-electron chi connectivity index (χ3n) is 4.91. The van der Waals surface area contributed by atoms with Gasteiger partial charge in [-0.2, -0.15) is 0 Å². The first kappa shape index (κ1) is 18.1. The van der Waals surface area contributed by atoms with Crippen LogP contribution in [0.5, 0.6) is 5.75 Å². The summed E-state index contributed by atoms with van der Waals surface area (Å²) in [6, 6.07) is 12.5. The maximum absolute atomic E-state index is 13.2. The van der Waals surface area contributed by atoms with Crippen molar-refractivity contribution in [2.45, 2.75) is 26.3 Å². The molecule has 0 atom stereocenters. The van der Waals surface area contributed by atoms with Gasteiger partial charge in [0.25, 0.3) is 5.91 Å². The summed E-state index contributed by atoms with van der Waals surface area (Å²) in [5, 5.41) is 9.59. The number of aromatic hydroxyl groups is 1. The number of aryl methyl sites for hydroxylation is 2. The van der Waals surface area contributed by atoms with Gasteiger partial charge in [0.15, 0.2) is 0 Å². The van der Waals surface area contributed by atoms with Crippen molar-refractivity contribution in [1.82, 2.24) is 14.9 Å². The topological polar surface area (TPSA) is 66.3 Å². The third-order valence-corrected chi connectivity index (χ3v) is 4.91.